The number of methoxy groups -OCH3 is 1. The van der Waals surface area contributed by atoms with Crippen LogP contribution in [0, 0.1) is 5.92 Å². The predicted molar refractivity (Wildman–Crippen MR) is 135 cm³/mol. The second kappa shape index (κ2) is 9.89. The first-order valence-corrected chi connectivity index (χ1v) is 12.5. The molecule has 2 heterocycles. The molecule has 34 heavy (non-hydrogen) atoms. The van der Waals surface area contributed by atoms with Crippen LogP contribution in [0.1, 0.15) is 30.2 Å². The van der Waals surface area contributed by atoms with Crippen LogP contribution in [0.5, 0.6) is 17.2 Å². The number of hydrogen-bond donors (Lipinski definition) is 1. The van der Waals surface area contributed by atoms with Crippen molar-refractivity contribution in [3.05, 3.63) is 69.3 Å². The zero-order chi connectivity index (χ0) is 23.5. The highest BCUT2D eigenvalue weighted by atomic mass is 32.1. The maximum Gasteiger partial charge on any atom is 0.260 e. The number of benzene rings is 2. The molecule has 0 radical (unpaired) electrons. The molecular weight excluding hydrogens is 448 g/mol. The summed E-state index contributed by atoms with van der Waals surface area (Å²) in [6.45, 7) is 3.34. The minimum Gasteiger partial charge on any atom is -0.493 e. The van der Waals surface area contributed by atoms with Crippen LogP contribution < -0.4 is 19.8 Å². The lowest BCUT2D eigenvalue weighted by Gasteiger charge is -2.17. The van der Waals surface area contributed by atoms with Crippen LogP contribution in [0.2, 0.25) is 0 Å². The quantitative estimate of drug-likeness (QED) is 0.334. The molecule has 0 fully saturated rings. The molecule has 1 aliphatic rings. The monoisotopic (exact) mass is 476 g/mol. The number of para-hydroxylation sites is 2. The van der Waals surface area contributed by atoms with Gasteiger partial charge in [0.2, 0.25) is 0 Å². The van der Waals surface area contributed by atoms with Crippen molar-refractivity contribution in [1.29, 1.82) is 0 Å². The molecule has 7 heteroatoms. The number of aromatic amines is 1. The van der Waals surface area contributed by atoms with Gasteiger partial charge in [-0.3, -0.25) is 4.79 Å². The summed E-state index contributed by atoms with van der Waals surface area (Å²) in [4.78, 5) is 22.8. The number of aryl methyl sites for hydroxylation is 1. The van der Waals surface area contributed by atoms with E-state index in [1.807, 2.05) is 48.5 Å². The number of aromatic nitrogens is 2. The van der Waals surface area contributed by atoms with Crippen molar-refractivity contribution in [2.24, 2.45) is 5.92 Å². The lowest BCUT2D eigenvalue weighted by molar-refractivity contribution is 0.240. The van der Waals surface area contributed by atoms with Gasteiger partial charge in [0.1, 0.15) is 16.4 Å². The van der Waals surface area contributed by atoms with E-state index in [4.69, 9.17) is 19.2 Å². The van der Waals surface area contributed by atoms with Gasteiger partial charge in [-0.2, -0.15) is 0 Å². The number of H-pyrrole nitrogens is 1. The molecule has 2 aromatic carbocycles. The van der Waals surface area contributed by atoms with E-state index in [0.29, 0.717) is 25.0 Å². The van der Waals surface area contributed by atoms with E-state index in [-0.39, 0.29) is 5.56 Å². The van der Waals surface area contributed by atoms with Gasteiger partial charge in [-0.25, -0.2) is 4.98 Å². The third-order valence-corrected chi connectivity index (χ3v) is 7.33. The van der Waals surface area contributed by atoms with Crippen LogP contribution >= 0.6 is 11.3 Å². The summed E-state index contributed by atoms with van der Waals surface area (Å²) in [5, 5.41) is 0.783. The normalized spacial score (nSPS) is 15.2. The van der Waals surface area contributed by atoms with Gasteiger partial charge in [0.15, 0.2) is 11.5 Å². The van der Waals surface area contributed by atoms with Crippen molar-refractivity contribution in [1.82, 2.24) is 9.97 Å². The van der Waals surface area contributed by atoms with E-state index >= 15 is 0 Å². The molecule has 0 saturated heterocycles. The third-order valence-electron chi connectivity index (χ3n) is 6.18. The molecule has 0 amide bonds. The van der Waals surface area contributed by atoms with Gasteiger partial charge in [0.05, 0.1) is 25.7 Å². The van der Waals surface area contributed by atoms with Gasteiger partial charge in [0, 0.05) is 16.9 Å². The smallest absolute Gasteiger partial charge is 0.260 e. The van der Waals surface area contributed by atoms with Crippen molar-refractivity contribution < 1.29 is 14.2 Å². The van der Waals surface area contributed by atoms with Crippen molar-refractivity contribution >= 4 is 21.6 Å². The standard InChI is InChI=1S/C27H28N2O4S/c1-17-8-13-20-23(16-17)34-27-24(20)26(30)28-25(29-27)18-9-11-19(12-10-18)32-14-5-15-33-22-7-4-3-6-21(22)31-2/h3-4,6-7,9-12,17H,5,8,13-16H2,1-2H3,(H,28,29,30)/t17-/m1/s1. The number of nitrogens with one attached hydrogen (secondary N) is 1. The van der Waals surface area contributed by atoms with Gasteiger partial charge in [-0.15, -0.1) is 11.3 Å². The highest BCUT2D eigenvalue weighted by Gasteiger charge is 2.23. The zero-order valence-electron chi connectivity index (χ0n) is 19.4. The fraction of sp³-hybridized carbons (Fsp3) is 0.333. The molecule has 2 aromatic heterocycles. The minimum atomic E-state index is -0.0394. The number of nitrogens with zero attached hydrogens (tertiary/aromatic N) is 1. The summed E-state index contributed by atoms with van der Waals surface area (Å²) in [5.74, 6) is 3.49. The molecule has 1 atom stereocenters. The molecule has 176 valence electrons. The molecule has 5 rings (SSSR count). The topological polar surface area (TPSA) is 73.4 Å². The first-order valence-electron chi connectivity index (χ1n) is 11.7. The Hall–Kier alpha value is -3.32. The fourth-order valence-corrected chi connectivity index (χ4v) is 5.75. The molecule has 0 bridgehead atoms. The lowest BCUT2D eigenvalue weighted by atomic mass is 9.89. The Morgan fingerprint density at radius 3 is 2.62 bits per heavy atom. The first kappa shape index (κ1) is 22.5. The first-order chi connectivity index (χ1) is 16.6. The highest BCUT2D eigenvalue weighted by molar-refractivity contribution is 7.18. The molecule has 0 aliphatic heterocycles. The zero-order valence-corrected chi connectivity index (χ0v) is 20.2. The Labute approximate surface area is 202 Å². The number of hydrogen-bond acceptors (Lipinski definition) is 6. The maximum atomic E-state index is 12.9. The molecule has 0 spiro atoms. The van der Waals surface area contributed by atoms with Crippen molar-refractivity contribution in [3.63, 3.8) is 0 Å². The van der Waals surface area contributed by atoms with Crippen molar-refractivity contribution in [2.45, 2.75) is 32.6 Å². The third kappa shape index (κ3) is 4.66. The number of thiophene rings is 1. The summed E-state index contributed by atoms with van der Waals surface area (Å²) in [7, 11) is 1.63. The highest BCUT2D eigenvalue weighted by Crippen LogP contribution is 2.36. The Morgan fingerprint density at radius 1 is 1.06 bits per heavy atom. The van der Waals surface area contributed by atoms with Gasteiger partial charge in [-0.05, 0) is 67.1 Å². The summed E-state index contributed by atoms with van der Waals surface area (Å²) in [6, 6.07) is 15.3. The number of rotatable bonds is 8. The Morgan fingerprint density at radius 2 is 1.82 bits per heavy atom. The van der Waals surface area contributed by atoms with Crippen LogP contribution in [0.25, 0.3) is 21.6 Å². The molecule has 0 unspecified atom stereocenters. The summed E-state index contributed by atoms with van der Waals surface area (Å²) in [5.41, 5.74) is 2.03. The minimum absolute atomic E-state index is 0.0394. The van der Waals surface area contributed by atoms with E-state index in [0.717, 1.165) is 58.7 Å². The molecule has 4 aromatic rings. The van der Waals surface area contributed by atoms with Gasteiger partial charge in [-0.1, -0.05) is 19.1 Å². The molecule has 1 N–H and O–H groups in total. The van der Waals surface area contributed by atoms with Gasteiger partial charge in [0.25, 0.3) is 5.56 Å². The SMILES string of the molecule is COc1ccccc1OCCCOc1ccc(-c2nc3sc4c(c3c(=O)[nH]2)CC[C@@H](C)C4)cc1. The van der Waals surface area contributed by atoms with E-state index < -0.39 is 0 Å². The molecular formula is C27H28N2O4S. The Kier molecular flexibility index (Phi) is 6.54. The summed E-state index contributed by atoms with van der Waals surface area (Å²) >= 11 is 1.67. The van der Waals surface area contributed by atoms with E-state index in [1.165, 1.54) is 10.4 Å². The molecule has 0 saturated carbocycles. The summed E-state index contributed by atoms with van der Waals surface area (Å²) in [6.07, 6.45) is 3.89. The van der Waals surface area contributed by atoms with E-state index in [9.17, 15) is 4.79 Å². The van der Waals surface area contributed by atoms with Gasteiger partial charge < -0.3 is 19.2 Å². The number of fused-ring (bicyclic) bond motifs is 3. The average Bonchev–Trinajstić information content (AvgIpc) is 3.22. The van der Waals surface area contributed by atoms with Crippen LogP contribution in [-0.4, -0.2) is 30.3 Å². The van der Waals surface area contributed by atoms with Crippen LogP contribution in [0.15, 0.2) is 53.3 Å². The second-order valence-corrected chi connectivity index (χ2v) is 9.76. The lowest BCUT2D eigenvalue weighted by Crippen LogP contribution is -2.13. The van der Waals surface area contributed by atoms with Crippen LogP contribution in [0.4, 0.5) is 0 Å². The average molecular weight is 477 g/mol. The Balaban J connectivity index is 1.21. The van der Waals surface area contributed by atoms with Gasteiger partial charge >= 0.3 is 0 Å². The molecule has 1 aliphatic carbocycles. The van der Waals surface area contributed by atoms with Crippen molar-refractivity contribution in [2.75, 3.05) is 20.3 Å². The summed E-state index contributed by atoms with van der Waals surface area (Å²) < 4.78 is 16.9. The van der Waals surface area contributed by atoms with Crippen LogP contribution in [-0.2, 0) is 12.8 Å². The van der Waals surface area contributed by atoms with E-state index in [1.54, 1.807) is 18.4 Å². The van der Waals surface area contributed by atoms with E-state index in [2.05, 4.69) is 11.9 Å². The maximum absolute atomic E-state index is 12.9. The van der Waals surface area contributed by atoms with Crippen molar-refractivity contribution in [3.8, 4) is 28.6 Å². The number of ether oxygens (including phenoxy) is 3. The largest absolute Gasteiger partial charge is 0.493 e. The molecule has 6 nitrogen and oxygen atoms in total. The predicted octanol–water partition coefficient (Wildman–Crippen LogP) is 5.63. The van der Waals surface area contributed by atoms with Crippen LogP contribution in [0.3, 0.4) is 0 Å². The Bertz CT molecular complexity index is 1340. The fourth-order valence-electron chi connectivity index (χ4n) is 4.36. The second-order valence-electron chi connectivity index (χ2n) is 8.67.